The molecule has 0 bridgehead atoms. The second-order valence-corrected chi connectivity index (χ2v) is 7.07. The normalized spacial score (nSPS) is 10.4. The van der Waals surface area contributed by atoms with Crippen LogP contribution in [0.5, 0.6) is 0 Å². The molecular weight excluding hydrogens is 427 g/mol. The van der Waals surface area contributed by atoms with Gasteiger partial charge < -0.3 is 5.32 Å². The van der Waals surface area contributed by atoms with E-state index in [2.05, 4.69) is 48.8 Å². The number of benzene rings is 1. The summed E-state index contributed by atoms with van der Waals surface area (Å²) in [5.74, 6) is -0.0774. The van der Waals surface area contributed by atoms with Crippen molar-refractivity contribution in [2.75, 3.05) is 0 Å². The average Bonchev–Trinajstić information content (AvgIpc) is 2.75. The predicted molar refractivity (Wildman–Crippen MR) is 84.9 cm³/mol. The second kappa shape index (κ2) is 6.12. The number of aryl methyl sites for hydroxylation is 1. The molecule has 0 unspecified atom stereocenters. The number of amides is 1. The largest absolute Gasteiger partial charge is 0.347 e. The molecule has 1 N–H and O–H groups in total. The van der Waals surface area contributed by atoms with Gasteiger partial charge in [-0.15, -0.1) is 11.3 Å². The van der Waals surface area contributed by atoms with Crippen LogP contribution in [0.25, 0.3) is 0 Å². The standard InChI is InChI=1S/C12H10BrIN2OS/c1-7-15-5-9(18-7)6-16-12(17)10-4-8(14)2-3-11(10)13/h2-5H,6H2,1H3,(H,16,17). The van der Waals surface area contributed by atoms with Crippen molar-refractivity contribution >= 4 is 55.8 Å². The summed E-state index contributed by atoms with van der Waals surface area (Å²) in [6.07, 6.45) is 1.80. The molecule has 0 atom stereocenters. The summed E-state index contributed by atoms with van der Waals surface area (Å²) in [5.41, 5.74) is 0.656. The van der Waals surface area contributed by atoms with Crippen molar-refractivity contribution in [2.24, 2.45) is 0 Å². The van der Waals surface area contributed by atoms with Gasteiger partial charge in [0.15, 0.2) is 0 Å². The Balaban J connectivity index is 2.05. The molecule has 2 rings (SSSR count). The number of hydrogen-bond donors (Lipinski definition) is 1. The summed E-state index contributed by atoms with van der Waals surface area (Å²) in [6, 6.07) is 5.69. The van der Waals surface area contributed by atoms with Gasteiger partial charge in [-0.1, -0.05) is 0 Å². The van der Waals surface area contributed by atoms with Gasteiger partial charge in [-0.3, -0.25) is 4.79 Å². The summed E-state index contributed by atoms with van der Waals surface area (Å²) < 4.78 is 1.84. The molecule has 0 aliphatic heterocycles. The molecule has 0 saturated heterocycles. The fourth-order valence-corrected chi connectivity index (χ4v) is 3.07. The highest BCUT2D eigenvalue weighted by Gasteiger charge is 2.10. The van der Waals surface area contributed by atoms with E-state index >= 15 is 0 Å². The lowest BCUT2D eigenvalue weighted by Gasteiger charge is -2.06. The number of halogens is 2. The topological polar surface area (TPSA) is 42.0 Å². The van der Waals surface area contributed by atoms with Crippen LogP contribution in [0.2, 0.25) is 0 Å². The van der Waals surface area contributed by atoms with Crippen molar-refractivity contribution in [3.05, 3.63) is 47.9 Å². The molecule has 1 amide bonds. The third-order valence-corrected chi connectivity index (χ3v) is 4.54. The van der Waals surface area contributed by atoms with E-state index in [1.165, 1.54) is 0 Å². The van der Waals surface area contributed by atoms with Crippen LogP contribution in [0.15, 0.2) is 28.9 Å². The van der Waals surface area contributed by atoms with E-state index in [-0.39, 0.29) is 5.91 Å². The van der Waals surface area contributed by atoms with Crippen LogP contribution < -0.4 is 5.32 Å². The zero-order valence-electron chi connectivity index (χ0n) is 9.54. The highest BCUT2D eigenvalue weighted by atomic mass is 127. The molecule has 6 heteroatoms. The highest BCUT2D eigenvalue weighted by Crippen LogP contribution is 2.19. The molecule has 94 valence electrons. The van der Waals surface area contributed by atoms with Crippen LogP contribution in [0.4, 0.5) is 0 Å². The van der Waals surface area contributed by atoms with Crippen molar-refractivity contribution in [2.45, 2.75) is 13.5 Å². The summed E-state index contributed by atoms with van der Waals surface area (Å²) >= 11 is 7.17. The van der Waals surface area contributed by atoms with Crippen molar-refractivity contribution in [3.8, 4) is 0 Å². The van der Waals surface area contributed by atoms with Gasteiger partial charge in [-0.05, 0) is 63.6 Å². The first-order chi connectivity index (χ1) is 8.56. The Hall–Kier alpha value is -0.470. The molecule has 2 aromatic rings. The minimum Gasteiger partial charge on any atom is -0.347 e. The van der Waals surface area contributed by atoms with Gasteiger partial charge in [0.05, 0.1) is 17.1 Å². The Morgan fingerprint density at radius 2 is 2.33 bits per heavy atom. The number of hydrogen-bond acceptors (Lipinski definition) is 3. The smallest absolute Gasteiger partial charge is 0.252 e. The fraction of sp³-hybridized carbons (Fsp3) is 0.167. The molecule has 1 aromatic carbocycles. The molecule has 0 aliphatic carbocycles. The minimum absolute atomic E-state index is 0.0774. The van der Waals surface area contributed by atoms with Gasteiger partial charge in [0, 0.05) is 19.1 Å². The zero-order chi connectivity index (χ0) is 13.1. The van der Waals surface area contributed by atoms with Crippen molar-refractivity contribution in [1.82, 2.24) is 10.3 Å². The molecule has 1 heterocycles. The number of aromatic nitrogens is 1. The third-order valence-electron chi connectivity index (χ3n) is 2.27. The van der Waals surface area contributed by atoms with Crippen LogP contribution in [0.1, 0.15) is 20.2 Å². The van der Waals surface area contributed by atoms with Crippen LogP contribution in [-0.4, -0.2) is 10.9 Å². The van der Waals surface area contributed by atoms with E-state index in [1.807, 2.05) is 25.1 Å². The van der Waals surface area contributed by atoms with Gasteiger partial charge in [0.2, 0.25) is 0 Å². The van der Waals surface area contributed by atoms with E-state index in [9.17, 15) is 4.79 Å². The first-order valence-corrected chi connectivity index (χ1v) is 7.89. The average molecular weight is 437 g/mol. The van der Waals surface area contributed by atoms with Crippen LogP contribution >= 0.6 is 49.9 Å². The highest BCUT2D eigenvalue weighted by molar-refractivity contribution is 14.1. The van der Waals surface area contributed by atoms with E-state index in [0.29, 0.717) is 12.1 Å². The number of carbonyl (C=O) groups is 1. The summed E-state index contributed by atoms with van der Waals surface area (Å²) in [6.45, 7) is 2.47. The Labute approximate surface area is 131 Å². The third kappa shape index (κ3) is 3.52. The summed E-state index contributed by atoms with van der Waals surface area (Å²) in [7, 11) is 0. The van der Waals surface area contributed by atoms with E-state index in [0.717, 1.165) is 17.9 Å². The molecule has 0 radical (unpaired) electrons. The first kappa shape index (κ1) is 14.0. The Kier molecular flexibility index (Phi) is 4.74. The molecule has 0 fully saturated rings. The lowest BCUT2D eigenvalue weighted by molar-refractivity contribution is 0.0950. The lowest BCUT2D eigenvalue weighted by Crippen LogP contribution is -2.22. The number of carbonyl (C=O) groups excluding carboxylic acids is 1. The van der Waals surface area contributed by atoms with Gasteiger partial charge in [0.25, 0.3) is 5.91 Å². The monoisotopic (exact) mass is 436 g/mol. The van der Waals surface area contributed by atoms with E-state index in [4.69, 9.17) is 0 Å². The predicted octanol–water partition coefficient (Wildman–Crippen LogP) is 3.75. The Morgan fingerprint density at radius 3 is 3.00 bits per heavy atom. The minimum atomic E-state index is -0.0774. The SMILES string of the molecule is Cc1ncc(CNC(=O)c2cc(I)ccc2Br)s1. The van der Waals surface area contributed by atoms with Crippen molar-refractivity contribution in [3.63, 3.8) is 0 Å². The van der Waals surface area contributed by atoms with E-state index < -0.39 is 0 Å². The molecule has 1 aromatic heterocycles. The molecule has 0 saturated carbocycles. The Bertz CT molecular complexity index is 585. The van der Waals surface area contributed by atoms with Gasteiger partial charge in [0.1, 0.15) is 0 Å². The lowest BCUT2D eigenvalue weighted by atomic mass is 10.2. The number of thiazole rings is 1. The molecule has 0 spiro atoms. The summed E-state index contributed by atoms with van der Waals surface area (Å²) in [5, 5.41) is 3.90. The van der Waals surface area contributed by atoms with Crippen molar-refractivity contribution in [1.29, 1.82) is 0 Å². The van der Waals surface area contributed by atoms with Crippen molar-refractivity contribution < 1.29 is 4.79 Å². The maximum absolute atomic E-state index is 12.0. The van der Waals surface area contributed by atoms with Crippen LogP contribution in [-0.2, 0) is 6.54 Å². The number of nitrogens with one attached hydrogen (secondary N) is 1. The van der Waals surface area contributed by atoms with Gasteiger partial charge in [-0.2, -0.15) is 0 Å². The van der Waals surface area contributed by atoms with Crippen LogP contribution in [0, 0.1) is 10.5 Å². The van der Waals surface area contributed by atoms with Crippen LogP contribution in [0.3, 0.4) is 0 Å². The zero-order valence-corrected chi connectivity index (χ0v) is 14.1. The maximum Gasteiger partial charge on any atom is 0.252 e. The fourth-order valence-electron chi connectivity index (χ4n) is 1.42. The number of rotatable bonds is 3. The summed E-state index contributed by atoms with van der Waals surface area (Å²) in [4.78, 5) is 17.3. The molecular formula is C12H10BrIN2OS. The second-order valence-electron chi connectivity index (χ2n) is 3.65. The number of nitrogens with zero attached hydrogens (tertiary/aromatic N) is 1. The molecule has 0 aliphatic rings. The van der Waals surface area contributed by atoms with E-state index in [1.54, 1.807) is 17.5 Å². The van der Waals surface area contributed by atoms with Gasteiger partial charge >= 0.3 is 0 Å². The quantitative estimate of drug-likeness (QED) is 0.744. The molecule has 3 nitrogen and oxygen atoms in total. The Morgan fingerprint density at radius 1 is 1.56 bits per heavy atom. The molecule has 18 heavy (non-hydrogen) atoms. The maximum atomic E-state index is 12.0. The first-order valence-electron chi connectivity index (χ1n) is 5.21. The van der Waals surface area contributed by atoms with Gasteiger partial charge in [-0.25, -0.2) is 4.98 Å².